The lowest BCUT2D eigenvalue weighted by Crippen LogP contribution is -2.44. The Morgan fingerprint density at radius 3 is 2.47 bits per heavy atom. The van der Waals surface area contributed by atoms with Crippen molar-refractivity contribution in [1.29, 1.82) is 0 Å². The molecular weight excluding hydrogens is 234 g/mol. The summed E-state index contributed by atoms with van der Waals surface area (Å²) in [5.41, 5.74) is 1.38. The number of piperidine rings is 1. The summed E-state index contributed by atoms with van der Waals surface area (Å²) < 4.78 is 0. The zero-order chi connectivity index (χ0) is 13.7. The van der Waals surface area contributed by atoms with Gasteiger partial charge in [-0.2, -0.15) is 0 Å². The van der Waals surface area contributed by atoms with Gasteiger partial charge in [-0.3, -0.25) is 0 Å². The third-order valence-corrected chi connectivity index (χ3v) is 4.33. The minimum Gasteiger partial charge on any atom is -0.312 e. The number of hydrogen-bond donors (Lipinski definition) is 1. The maximum Gasteiger partial charge on any atom is 0.0446 e. The Hall–Kier alpha value is -0.900. The first-order valence-electron chi connectivity index (χ1n) is 7.31. The van der Waals surface area contributed by atoms with Crippen molar-refractivity contribution < 1.29 is 0 Å². The van der Waals surface area contributed by atoms with Crippen LogP contribution in [0.3, 0.4) is 0 Å². The smallest absolute Gasteiger partial charge is 0.0446 e. The molecule has 0 bridgehead atoms. The van der Waals surface area contributed by atoms with Gasteiger partial charge in [0.15, 0.2) is 0 Å². The van der Waals surface area contributed by atoms with Crippen LogP contribution in [0.15, 0.2) is 30.3 Å². The predicted octanol–water partition coefficient (Wildman–Crippen LogP) is 1.97. The fourth-order valence-electron chi connectivity index (χ4n) is 2.92. The van der Waals surface area contributed by atoms with Crippen LogP contribution < -0.4 is 5.32 Å². The number of rotatable bonds is 5. The Morgan fingerprint density at radius 2 is 1.89 bits per heavy atom. The summed E-state index contributed by atoms with van der Waals surface area (Å²) in [6.45, 7) is 3.53. The van der Waals surface area contributed by atoms with Crippen LogP contribution in [-0.2, 0) is 0 Å². The summed E-state index contributed by atoms with van der Waals surface area (Å²) in [5.74, 6) is 0. The molecule has 1 unspecified atom stereocenters. The average molecular weight is 261 g/mol. The van der Waals surface area contributed by atoms with Gasteiger partial charge in [0.1, 0.15) is 0 Å². The topological polar surface area (TPSA) is 18.5 Å². The minimum atomic E-state index is 0.422. The van der Waals surface area contributed by atoms with Gasteiger partial charge in [-0.25, -0.2) is 0 Å². The van der Waals surface area contributed by atoms with Gasteiger partial charge >= 0.3 is 0 Å². The van der Waals surface area contributed by atoms with E-state index in [1.54, 1.807) is 0 Å². The van der Waals surface area contributed by atoms with Crippen LogP contribution in [0.1, 0.15) is 24.4 Å². The number of nitrogens with one attached hydrogen (secondary N) is 1. The van der Waals surface area contributed by atoms with Crippen molar-refractivity contribution in [2.45, 2.75) is 24.9 Å². The predicted molar refractivity (Wildman–Crippen MR) is 81.4 cm³/mol. The molecule has 1 N–H and O–H groups in total. The van der Waals surface area contributed by atoms with Gasteiger partial charge in [-0.05, 0) is 52.6 Å². The van der Waals surface area contributed by atoms with Gasteiger partial charge in [0.25, 0.3) is 0 Å². The zero-order valence-electron chi connectivity index (χ0n) is 12.5. The molecule has 0 spiro atoms. The van der Waals surface area contributed by atoms with E-state index in [0.29, 0.717) is 6.04 Å². The SMILES string of the molecule is CNC(CN(C)C1CCN(C)CC1)c1ccccc1. The monoisotopic (exact) mass is 261 g/mol. The molecule has 0 aliphatic carbocycles. The highest BCUT2D eigenvalue weighted by Crippen LogP contribution is 2.18. The van der Waals surface area contributed by atoms with Crippen molar-refractivity contribution in [3.8, 4) is 0 Å². The van der Waals surface area contributed by atoms with Gasteiger partial charge in [0.05, 0.1) is 0 Å². The highest BCUT2D eigenvalue weighted by molar-refractivity contribution is 5.19. The molecule has 1 aromatic carbocycles. The van der Waals surface area contributed by atoms with Crippen LogP contribution in [0.2, 0.25) is 0 Å². The normalized spacial score (nSPS) is 19.8. The summed E-state index contributed by atoms with van der Waals surface area (Å²) >= 11 is 0. The third-order valence-electron chi connectivity index (χ3n) is 4.33. The third kappa shape index (κ3) is 4.03. The molecule has 1 aliphatic heterocycles. The maximum absolute atomic E-state index is 3.45. The Bertz CT molecular complexity index is 358. The first-order chi connectivity index (χ1) is 9.20. The summed E-state index contributed by atoms with van der Waals surface area (Å²) in [5, 5.41) is 3.45. The largest absolute Gasteiger partial charge is 0.312 e. The van der Waals surface area contributed by atoms with Crippen LogP contribution in [-0.4, -0.2) is 56.6 Å². The lowest BCUT2D eigenvalue weighted by molar-refractivity contribution is 0.135. The molecule has 0 saturated carbocycles. The van der Waals surface area contributed by atoms with E-state index in [0.717, 1.165) is 12.6 Å². The molecule has 0 aromatic heterocycles. The molecule has 3 nitrogen and oxygen atoms in total. The molecule has 1 atom stereocenters. The van der Waals surface area contributed by atoms with E-state index in [-0.39, 0.29) is 0 Å². The molecule has 2 rings (SSSR count). The highest BCUT2D eigenvalue weighted by Gasteiger charge is 2.22. The van der Waals surface area contributed by atoms with Gasteiger partial charge in [0, 0.05) is 18.6 Å². The molecule has 19 heavy (non-hydrogen) atoms. The molecule has 1 fully saturated rings. The molecule has 0 radical (unpaired) electrons. The van der Waals surface area contributed by atoms with E-state index >= 15 is 0 Å². The van der Waals surface area contributed by atoms with Gasteiger partial charge in [-0.15, -0.1) is 0 Å². The molecule has 1 aliphatic rings. The molecule has 1 saturated heterocycles. The van der Waals surface area contributed by atoms with Crippen molar-refractivity contribution >= 4 is 0 Å². The van der Waals surface area contributed by atoms with Crippen LogP contribution in [0.25, 0.3) is 0 Å². The fourth-order valence-corrected chi connectivity index (χ4v) is 2.92. The second kappa shape index (κ2) is 7.04. The number of likely N-dealkylation sites (N-methyl/N-ethyl adjacent to an activating group) is 2. The Labute approximate surface area is 117 Å². The summed E-state index contributed by atoms with van der Waals surface area (Å²) in [4.78, 5) is 4.96. The van der Waals surface area contributed by atoms with Gasteiger partial charge in [0.2, 0.25) is 0 Å². The lowest BCUT2D eigenvalue weighted by atomic mass is 10.0. The zero-order valence-corrected chi connectivity index (χ0v) is 12.5. The molecule has 106 valence electrons. The minimum absolute atomic E-state index is 0.422. The van der Waals surface area contributed by atoms with Crippen molar-refractivity contribution in [3.05, 3.63) is 35.9 Å². The van der Waals surface area contributed by atoms with E-state index in [1.807, 2.05) is 0 Å². The summed E-state index contributed by atoms with van der Waals surface area (Å²) in [6, 6.07) is 11.9. The van der Waals surface area contributed by atoms with Crippen LogP contribution >= 0.6 is 0 Å². The van der Waals surface area contributed by atoms with E-state index in [1.165, 1.54) is 31.5 Å². The van der Waals surface area contributed by atoms with Gasteiger partial charge in [-0.1, -0.05) is 30.3 Å². The van der Waals surface area contributed by atoms with E-state index in [9.17, 15) is 0 Å². The van der Waals surface area contributed by atoms with Crippen LogP contribution in [0, 0.1) is 0 Å². The van der Waals surface area contributed by atoms with Crippen molar-refractivity contribution in [2.24, 2.45) is 0 Å². The van der Waals surface area contributed by atoms with Crippen LogP contribution in [0.5, 0.6) is 0 Å². The fraction of sp³-hybridized carbons (Fsp3) is 0.625. The Balaban J connectivity index is 1.91. The number of hydrogen-bond acceptors (Lipinski definition) is 3. The van der Waals surface area contributed by atoms with Crippen LogP contribution in [0.4, 0.5) is 0 Å². The van der Waals surface area contributed by atoms with Crippen molar-refractivity contribution in [1.82, 2.24) is 15.1 Å². The highest BCUT2D eigenvalue weighted by atomic mass is 15.2. The van der Waals surface area contributed by atoms with E-state index < -0.39 is 0 Å². The number of benzene rings is 1. The quantitative estimate of drug-likeness (QED) is 0.874. The molecule has 3 heteroatoms. The van der Waals surface area contributed by atoms with E-state index in [2.05, 4.69) is 66.6 Å². The van der Waals surface area contributed by atoms with Crippen molar-refractivity contribution in [2.75, 3.05) is 40.8 Å². The molecule has 1 aromatic rings. The van der Waals surface area contributed by atoms with E-state index in [4.69, 9.17) is 0 Å². The van der Waals surface area contributed by atoms with Gasteiger partial charge < -0.3 is 15.1 Å². The second-order valence-corrected chi connectivity index (χ2v) is 5.73. The average Bonchev–Trinajstić information content (AvgIpc) is 2.46. The standard InChI is InChI=1S/C16H27N3/c1-17-16(14-7-5-4-6-8-14)13-19(3)15-9-11-18(2)12-10-15/h4-8,15-17H,9-13H2,1-3H3. The number of likely N-dealkylation sites (tertiary alicyclic amines) is 1. The number of nitrogens with zero attached hydrogens (tertiary/aromatic N) is 2. The molecule has 1 heterocycles. The Morgan fingerprint density at radius 1 is 1.26 bits per heavy atom. The Kier molecular flexibility index (Phi) is 5.37. The summed E-state index contributed by atoms with van der Waals surface area (Å²) in [7, 11) is 6.54. The first-order valence-corrected chi connectivity index (χ1v) is 7.31. The second-order valence-electron chi connectivity index (χ2n) is 5.73. The van der Waals surface area contributed by atoms with Crippen molar-refractivity contribution in [3.63, 3.8) is 0 Å². The molecular formula is C16H27N3. The summed E-state index contributed by atoms with van der Waals surface area (Å²) in [6.07, 6.45) is 2.58. The lowest BCUT2D eigenvalue weighted by Gasteiger charge is -2.36. The first kappa shape index (κ1) is 14.5. The molecule has 0 amide bonds. The maximum atomic E-state index is 3.45.